The van der Waals surface area contributed by atoms with Crippen molar-refractivity contribution in [3.63, 3.8) is 0 Å². The summed E-state index contributed by atoms with van der Waals surface area (Å²) >= 11 is 0. The standard InChI is InChI=1S/C10H15NO4/c1-4-5-8-11-7(6-13-2)9(15-8)10(12)14-3/h4-6H2,1-3H3. The third kappa shape index (κ3) is 2.79. The van der Waals surface area contributed by atoms with Gasteiger partial charge in [0.2, 0.25) is 5.76 Å². The molecule has 0 amide bonds. The Hall–Kier alpha value is -1.36. The second-order valence-corrected chi connectivity index (χ2v) is 3.06. The van der Waals surface area contributed by atoms with Crippen molar-refractivity contribution in [3.05, 3.63) is 17.3 Å². The third-order valence-electron chi connectivity index (χ3n) is 1.86. The van der Waals surface area contributed by atoms with E-state index in [1.54, 1.807) is 0 Å². The van der Waals surface area contributed by atoms with Crippen LogP contribution in [-0.4, -0.2) is 25.2 Å². The number of carbonyl (C=O) groups excluding carboxylic acids is 1. The van der Waals surface area contributed by atoms with Crippen LogP contribution in [0.1, 0.15) is 35.5 Å². The lowest BCUT2D eigenvalue weighted by Gasteiger charge is -1.96. The molecule has 1 heterocycles. The van der Waals surface area contributed by atoms with Gasteiger partial charge in [-0.15, -0.1) is 0 Å². The van der Waals surface area contributed by atoms with Crippen LogP contribution in [0.15, 0.2) is 4.42 Å². The SMILES string of the molecule is CCCc1nc(COC)c(C(=O)OC)o1. The van der Waals surface area contributed by atoms with Crippen LogP contribution in [0, 0.1) is 0 Å². The number of nitrogens with zero attached hydrogens (tertiary/aromatic N) is 1. The maximum atomic E-state index is 11.3. The van der Waals surface area contributed by atoms with Gasteiger partial charge in [0.25, 0.3) is 0 Å². The highest BCUT2D eigenvalue weighted by Crippen LogP contribution is 2.14. The molecule has 15 heavy (non-hydrogen) atoms. The normalized spacial score (nSPS) is 10.3. The molecule has 0 aromatic carbocycles. The molecule has 5 nitrogen and oxygen atoms in total. The molecule has 5 heteroatoms. The molecular formula is C10H15NO4. The number of aromatic nitrogens is 1. The summed E-state index contributed by atoms with van der Waals surface area (Å²) in [5.74, 6) is 0.171. The van der Waals surface area contributed by atoms with Crippen molar-refractivity contribution in [3.8, 4) is 0 Å². The highest BCUT2D eigenvalue weighted by atomic mass is 16.5. The van der Waals surface area contributed by atoms with Gasteiger partial charge in [-0.1, -0.05) is 6.92 Å². The molecule has 0 radical (unpaired) electrons. The van der Waals surface area contributed by atoms with Gasteiger partial charge in [0, 0.05) is 13.5 Å². The fourth-order valence-corrected chi connectivity index (χ4v) is 1.21. The average molecular weight is 213 g/mol. The number of carbonyl (C=O) groups is 1. The van der Waals surface area contributed by atoms with E-state index in [4.69, 9.17) is 9.15 Å². The summed E-state index contributed by atoms with van der Waals surface area (Å²) < 4.78 is 14.8. The molecule has 1 aromatic heterocycles. The largest absolute Gasteiger partial charge is 0.463 e. The molecule has 0 spiro atoms. The first-order valence-corrected chi connectivity index (χ1v) is 4.78. The van der Waals surface area contributed by atoms with Gasteiger partial charge in [-0.05, 0) is 6.42 Å². The number of rotatable bonds is 5. The van der Waals surface area contributed by atoms with Crippen LogP contribution < -0.4 is 0 Å². The maximum Gasteiger partial charge on any atom is 0.376 e. The van der Waals surface area contributed by atoms with Gasteiger partial charge in [0.15, 0.2) is 5.89 Å². The Morgan fingerprint density at radius 2 is 2.20 bits per heavy atom. The van der Waals surface area contributed by atoms with E-state index in [-0.39, 0.29) is 12.4 Å². The second kappa shape index (κ2) is 5.50. The van der Waals surface area contributed by atoms with E-state index >= 15 is 0 Å². The molecule has 0 fully saturated rings. The summed E-state index contributed by atoms with van der Waals surface area (Å²) in [6.45, 7) is 2.26. The van der Waals surface area contributed by atoms with E-state index in [2.05, 4.69) is 9.72 Å². The summed E-state index contributed by atoms with van der Waals surface area (Å²) in [6, 6.07) is 0. The zero-order valence-electron chi connectivity index (χ0n) is 9.20. The quantitative estimate of drug-likeness (QED) is 0.694. The lowest BCUT2D eigenvalue weighted by atomic mass is 10.3. The number of hydrogen-bond acceptors (Lipinski definition) is 5. The predicted molar refractivity (Wildman–Crippen MR) is 52.6 cm³/mol. The summed E-state index contributed by atoms with van der Waals surface area (Å²) in [6.07, 6.45) is 1.61. The van der Waals surface area contributed by atoms with E-state index in [9.17, 15) is 4.79 Å². The maximum absolute atomic E-state index is 11.3. The number of oxazole rings is 1. The Balaban J connectivity index is 2.94. The van der Waals surface area contributed by atoms with Crippen molar-refractivity contribution < 1.29 is 18.7 Å². The minimum Gasteiger partial charge on any atom is -0.463 e. The fourth-order valence-electron chi connectivity index (χ4n) is 1.21. The first kappa shape index (κ1) is 11.7. The Labute approximate surface area is 88.4 Å². The molecule has 0 aliphatic carbocycles. The molecule has 0 aliphatic heterocycles. The first-order valence-electron chi connectivity index (χ1n) is 4.78. The smallest absolute Gasteiger partial charge is 0.376 e. The number of aryl methyl sites for hydroxylation is 1. The van der Waals surface area contributed by atoms with Crippen LogP contribution in [0.5, 0.6) is 0 Å². The summed E-state index contributed by atoms with van der Waals surface area (Å²) in [7, 11) is 2.84. The summed E-state index contributed by atoms with van der Waals surface area (Å²) in [4.78, 5) is 15.5. The highest BCUT2D eigenvalue weighted by molar-refractivity contribution is 5.87. The van der Waals surface area contributed by atoms with Crippen LogP contribution in [0.4, 0.5) is 0 Å². The zero-order valence-corrected chi connectivity index (χ0v) is 9.20. The highest BCUT2D eigenvalue weighted by Gasteiger charge is 2.20. The van der Waals surface area contributed by atoms with Crippen molar-refractivity contribution in [2.45, 2.75) is 26.4 Å². The van der Waals surface area contributed by atoms with Crippen molar-refractivity contribution in [1.82, 2.24) is 4.98 Å². The number of ether oxygens (including phenoxy) is 2. The molecule has 0 bridgehead atoms. The molecule has 1 rings (SSSR count). The zero-order chi connectivity index (χ0) is 11.3. The van der Waals surface area contributed by atoms with E-state index in [0.29, 0.717) is 18.0 Å². The predicted octanol–water partition coefficient (Wildman–Crippen LogP) is 1.56. The summed E-state index contributed by atoms with van der Waals surface area (Å²) in [5.41, 5.74) is 0.493. The molecule has 84 valence electrons. The van der Waals surface area contributed by atoms with E-state index in [0.717, 1.165) is 6.42 Å². The van der Waals surface area contributed by atoms with E-state index in [1.165, 1.54) is 14.2 Å². The third-order valence-corrected chi connectivity index (χ3v) is 1.86. The lowest BCUT2D eigenvalue weighted by Crippen LogP contribution is -2.04. The van der Waals surface area contributed by atoms with Crippen LogP contribution in [0.2, 0.25) is 0 Å². The number of methoxy groups -OCH3 is 2. The van der Waals surface area contributed by atoms with Crippen LogP contribution >= 0.6 is 0 Å². The van der Waals surface area contributed by atoms with E-state index < -0.39 is 5.97 Å². The monoisotopic (exact) mass is 213 g/mol. The molecule has 0 saturated carbocycles. The average Bonchev–Trinajstić information content (AvgIpc) is 2.61. The Kier molecular flexibility index (Phi) is 4.30. The molecule has 0 saturated heterocycles. The van der Waals surface area contributed by atoms with Crippen molar-refractivity contribution in [2.24, 2.45) is 0 Å². The van der Waals surface area contributed by atoms with Gasteiger partial charge < -0.3 is 13.9 Å². The molecule has 0 atom stereocenters. The molecular weight excluding hydrogens is 198 g/mol. The van der Waals surface area contributed by atoms with Gasteiger partial charge in [-0.25, -0.2) is 9.78 Å². The molecule has 0 unspecified atom stereocenters. The van der Waals surface area contributed by atoms with Crippen LogP contribution in [-0.2, 0) is 22.5 Å². The minimum atomic E-state index is -0.517. The van der Waals surface area contributed by atoms with Crippen LogP contribution in [0.25, 0.3) is 0 Å². The van der Waals surface area contributed by atoms with Gasteiger partial charge >= 0.3 is 5.97 Å². The molecule has 0 aliphatic rings. The fraction of sp³-hybridized carbons (Fsp3) is 0.600. The van der Waals surface area contributed by atoms with Crippen molar-refractivity contribution in [1.29, 1.82) is 0 Å². The Bertz CT molecular complexity index is 332. The Morgan fingerprint density at radius 3 is 2.73 bits per heavy atom. The van der Waals surface area contributed by atoms with Crippen LogP contribution in [0.3, 0.4) is 0 Å². The van der Waals surface area contributed by atoms with Gasteiger partial charge in [-0.3, -0.25) is 0 Å². The van der Waals surface area contributed by atoms with Gasteiger partial charge in [0.1, 0.15) is 5.69 Å². The first-order chi connectivity index (χ1) is 7.22. The molecule has 0 N–H and O–H groups in total. The number of esters is 1. The van der Waals surface area contributed by atoms with Crippen molar-refractivity contribution in [2.75, 3.05) is 14.2 Å². The molecule has 1 aromatic rings. The summed E-state index contributed by atoms with van der Waals surface area (Å²) in [5, 5.41) is 0. The lowest BCUT2D eigenvalue weighted by molar-refractivity contribution is 0.0556. The topological polar surface area (TPSA) is 61.6 Å². The van der Waals surface area contributed by atoms with Gasteiger partial charge in [0.05, 0.1) is 13.7 Å². The second-order valence-electron chi connectivity index (χ2n) is 3.06. The van der Waals surface area contributed by atoms with Crippen molar-refractivity contribution >= 4 is 5.97 Å². The number of hydrogen-bond donors (Lipinski definition) is 0. The Morgan fingerprint density at radius 1 is 1.47 bits per heavy atom. The van der Waals surface area contributed by atoms with E-state index in [1.807, 2.05) is 6.92 Å². The van der Waals surface area contributed by atoms with Gasteiger partial charge in [-0.2, -0.15) is 0 Å². The minimum absolute atomic E-state index is 0.141.